The summed E-state index contributed by atoms with van der Waals surface area (Å²) in [6.45, 7) is 9.09. The first-order valence-electron chi connectivity index (χ1n) is 12.9. The highest BCUT2D eigenvalue weighted by Crippen LogP contribution is 2.68. The summed E-state index contributed by atoms with van der Waals surface area (Å²) in [5, 5.41) is 0. The van der Waals surface area contributed by atoms with Crippen molar-refractivity contribution in [2.45, 2.75) is 104 Å². The number of ether oxygens (including phenoxy) is 2. The third kappa shape index (κ3) is 4.06. The fourth-order valence-electron chi connectivity index (χ4n) is 9.18. The van der Waals surface area contributed by atoms with Crippen LogP contribution in [0.4, 0.5) is 0 Å². The highest BCUT2D eigenvalue weighted by molar-refractivity contribution is 5.69. The van der Waals surface area contributed by atoms with Crippen molar-refractivity contribution in [2.24, 2.45) is 46.3 Å². The van der Waals surface area contributed by atoms with Gasteiger partial charge >= 0.3 is 11.9 Å². The third-order valence-electron chi connectivity index (χ3n) is 10.7. The van der Waals surface area contributed by atoms with E-state index in [1.54, 1.807) is 6.92 Å². The van der Waals surface area contributed by atoms with E-state index in [1.807, 2.05) is 0 Å². The molecule has 4 heteroatoms. The van der Waals surface area contributed by atoms with Crippen LogP contribution in [0.15, 0.2) is 0 Å². The van der Waals surface area contributed by atoms with Crippen LogP contribution in [0.2, 0.25) is 0 Å². The number of carbonyl (C=O) groups excluding carboxylic acids is 2. The van der Waals surface area contributed by atoms with Gasteiger partial charge in [0.05, 0.1) is 7.11 Å². The average Bonchev–Trinajstić information content (AvgIpc) is 3.09. The van der Waals surface area contributed by atoms with Crippen LogP contribution in [0, 0.1) is 46.3 Å². The molecule has 4 rings (SSSR count). The molecule has 4 saturated carbocycles. The normalized spacial score (nSPS) is 45.1. The molecule has 4 fully saturated rings. The highest BCUT2D eigenvalue weighted by Gasteiger charge is 2.60. The van der Waals surface area contributed by atoms with E-state index < -0.39 is 0 Å². The van der Waals surface area contributed by atoms with Crippen LogP contribution in [0.25, 0.3) is 0 Å². The van der Waals surface area contributed by atoms with Crippen LogP contribution in [0.1, 0.15) is 98.3 Å². The van der Waals surface area contributed by atoms with E-state index in [0.29, 0.717) is 29.1 Å². The largest absolute Gasteiger partial charge is 0.469 e. The molecule has 1 unspecified atom stereocenters. The van der Waals surface area contributed by atoms with Gasteiger partial charge in [0.1, 0.15) is 6.10 Å². The van der Waals surface area contributed by atoms with Crippen molar-refractivity contribution in [3.05, 3.63) is 0 Å². The van der Waals surface area contributed by atoms with E-state index in [-0.39, 0.29) is 18.0 Å². The standard InChI is InChI=1S/C27H44O4/c1-17(6-11-25(29)30-5)22-9-10-23-21-8-7-19-16-20(31-18(2)28)12-14-26(19,3)24(21)13-15-27(22,23)4/h17,19-24H,6-16H2,1-5H3/t17-,19-,20-,21+,22-,23+,24?,26+,27-/m1/s1. The molecule has 0 aliphatic heterocycles. The summed E-state index contributed by atoms with van der Waals surface area (Å²) in [5.74, 6) is 4.42. The Bertz CT molecular complexity index is 689. The maximum Gasteiger partial charge on any atom is 0.305 e. The summed E-state index contributed by atoms with van der Waals surface area (Å²) in [7, 11) is 1.50. The average molecular weight is 433 g/mol. The van der Waals surface area contributed by atoms with Crippen molar-refractivity contribution in [3.63, 3.8) is 0 Å². The van der Waals surface area contributed by atoms with E-state index in [0.717, 1.165) is 42.9 Å². The van der Waals surface area contributed by atoms with Crippen LogP contribution < -0.4 is 0 Å². The van der Waals surface area contributed by atoms with Gasteiger partial charge in [0, 0.05) is 13.3 Å². The lowest BCUT2D eigenvalue weighted by Gasteiger charge is -2.61. The molecule has 0 aromatic carbocycles. The number of hydrogen-bond acceptors (Lipinski definition) is 4. The molecular weight excluding hydrogens is 388 g/mol. The SMILES string of the molecule is COC(=O)CC[C@@H](C)[C@H]1CC[C@H]2[C@@H]3CC[C@@H]4C[C@H](OC(C)=O)CC[C@]4(C)C3CC[C@]12C. The lowest BCUT2D eigenvalue weighted by molar-refractivity contribution is -0.160. The topological polar surface area (TPSA) is 52.6 Å². The fourth-order valence-corrected chi connectivity index (χ4v) is 9.18. The summed E-state index contributed by atoms with van der Waals surface area (Å²) in [4.78, 5) is 23.2. The first kappa shape index (κ1) is 23.1. The van der Waals surface area contributed by atoms with Gasteiger partial charge in [-0.15, -0.1) is 0 Å². The smallest absolute Gasteiger partial charge is 0.305 e. The van der Waals surface area contributed by atoms with Gasteiger partial charge in [0.2, 0.25) is 0 Å². The quantitative estimate of drug-likeness (QED) is 0.488. The molecule has 0 bridgehead atoms. The Morgan fingerprint density at radius 2 is 1.68 bits per heavy atom. The molecule has 0 heterocycles. The molecular formula is C27H44O4. The van der Waals surface area contributed by atoms with Crippen LogP contribution in [-0.4, -0.2) is 25.2 Å². The maximum atomic E-state index is 11.7. The minimum atomic E-state index is -0.117. The van der Waals surface area contributed by atoms with Crippen LogP contribution in [0.5, 0.6) is 0 Å². The number of methoxy groups -OCH3 is 1. The lowest BCUT2D eigenvalue weighted by atomic mass is 9.44. The number of rotatable bonds is 5. The molecule has 0 radical (unpaired) electrons. The van der Waals surface area contributed by atoms with Crippen LogP contribution >= 0.6 is 0 Å². The van der Waals surface area contributed by atoms with Crippen molar-refractivity contribution < 1.29 is 19.1 Å². The second kappa shape index (κ2) is 8.71. The van der Waals surface area contributed by atoms with Gasteiger partial charge in [-0.3, -0.25) is 9.59 Å². The van der Waals surface area contributed by atoms with E-state index >= 15 is 0 Å². The van der Waals surface area contributed by atoms with Gasteiger partial charge in [0.15, 0.2) is 0 Å². The number of carbonyl (C=O) groups is 2. The Morgan fingerprint density at radius 1 is 0.968 bits per heavy atom. The van der Waals surface area contributed by atoms with E-state index in [2.05, 4.69) is 20.8 Å². The van der Waals surface area contributed by atoms with E-state index in [4.69, 9.17) is 9.47 Å². The second-order valence-electron chi connectivity index (χ2n) is 12.0. The van der Waals surface area contributed by atoms with Gasteiger partial charge in [-0.1, -0.05) is 20.8 Å². The summed E-state index contributed by atoms with van der Waals surface area (Å²) in [6.07, 6.45) is 13.1. The monoisotopic (exact) mass is 432 g/mol. The van der Waals surface area contributed by atoms with Crippen LogP contribution in [-0.2, 0) is 19.1 Å². The van der Waals surface area contributed by atoms with Gasteiger partial charge in [0.25, 0.3) is 0 Å². The van der Waals surface area contributed by atoms with Gasteiger partial charge < -0.3 is 9.47 Å². The minimum absolute atomic E-state index is 0.0640. The van der Waals surface area contributed by atoms with Gasteiger partial charge in [-0.2, -0.15) is 0 Å². The molecule has 0 amide bonds. The zero-order valence-corrected chi connectivity index (χ0v) is 20.5. The Kier molecular flexibility index (Phi) is 6.49. The first-order valence-corrected chi connectivity index (χ1v) is 12.9. The summed E-state index contributed by atoms with van der Waals surface area (Å²) in [5.41, 5.74) is 0.865. The zero-order chi connectivity index (χ0) is 22.4. The highest BCUT2D eigenvalue weighted by atomic mass is 16.5. The van der Waals surface area contributed by atoms with E-state index in [9.17, 15) is 9.59 Å². The molecule has 0 N–H and O–H groups in total. The van der Waals surface area contributed by atoms with Crippen molar-refractivity contribution >= 4 is 11.9 Å². The van der Waals surface area contributed by atoms with Crippen molar-refractivity contribution in [2.75, 3.05) is 7.11 Å². The molecule has 4 nitrogen and oxygen atoms in total. The first-order chi connectivity index (χ1) is 14.7. The predicted molar refractivity (Wildman–Crippen MR) is 121 cm³/mol. The van der Waals surface area contributed by atoms with Crippen molar-refractivity contribution in [1.82, 2.24) is 0 Å². The maximum absolute atomic E-state index is 11.7. The molecule has 0 saturated heterocycles. The van der Waals surface area contributed by atoms with Gasteiger partial charge in [-0.25, -0.2) is 0 Å². The van der Waals surface area contributed by atoms with Crippen molar-refractivity contribution in [3.8, 4) is 0 Å². The summed E-state index contributed by atoms with van der Waals surface area (Å²) >= 11 is 0. The third-order valence-corrected chi connectivity index (χ3v) is 10.7. The summed E-state index contributed by atoms with van der Waals surface area (Å²) in [6, 6.07) is 0. The minimum Gasteiger partial charge on any atom is -0.469 e. The number of esters is 2. The molecule has 4 aliphatic rings. The molecule has 0 aromatic heterocycles. The molecule has 0 spiro atoms. The Labute approximate surface area is 189 Å². The van der Waals surface area contributed by atoms with Crippen LogP contribution in [0.3, 0.4) is 0 Å². The van der Waals surface area contributed by atoms with Crippen molar-refractivity contribution in [1.29, 1.82) is 0 Å². The molecule has 31 heavy (non-hydrogen) atoms. The predicted octanol–water partition coefficient (Wildman–Crippen LogP) is 6.17. The second-order valence-corrected chi connectivity index (χ2v) is 12.0. The Hall–Kier alpha value is -1.06. The Morgan fingerprint density at radius 3 is 2.39 bits per heavy atom. The lowest BCUT2D eigenvalue weighted by Crippen LogP contribution is -2.54. The number of hydrogen-bond donors (Lipinski definition) is 0. The molecule has 4 aliphatic carbocycles. The zero-order valence-electron chi connectivity index (χ0n) is 20.5. The number of fused-ring (bicyclic) bond motifs is 5. The van der Waals surface area contributed by atoms with E-state index in [1.165, 1.54) is 52.1 Å². The molecule has 9 atom stereocenters. The van der Waals surface area contributed by atoms with Gasteiger partial charge in [-0.05, 0) is 111 Å². The molecule has 0 aromatic rings. The molecule has 176 valence electrons. The Balaban J connectivity index is 1.45. The summed E-state index contributed by atoms with van der Waals surface area (Å²) < 4.78 is 10.5. The fraction of sp³-hybridized carbons (Fsp3) is 0.926.